The summed E-state index contributed by atoms with van der Waals surface area (Å²) in [4.78, 5) is 14.3. The van der Waals surface area contributed by atoms with Crippen molar-refractivity contribution >= 4 is 5.91 Å². The van der Waals surface area contributed by atoms with E-state index in [0.29, 0.717) is 35.4 Å². The average molecular weight is 336 g/mol. The highest BCUT2D eigenvalue weighted by Crippen LogP contribution is 2.40. The van der Waals surface area contributed by atoms with Crippen LogP contribution in [0.2, 0.25) is 0 Å². The number of halogens is 1. The molecule has 1 unspecified atom stereocenters. The van der Waals surface area contributed by atoms with E-state index >= 15 is 0 Å². The number of nitrogens with zero attached hydrogens (tertiary/aromatic N) is 1. The Morgan fingerprint density at radius 1 is 1.00 bits per heavy atom. The Morgan fingerprint density at radius 3 is 2.32 bits per heavy atom. The molecule has 3 atom stereocenters. The summed E-state index contributed by atoms with van der Waals surface area (Å²) in [6.45, 7) is 1.62. The normalized spacial score (nSPS) is 27.7. The minimum atomic E-state index is -0.188. The highest BCUT2D eigenvalue weighted by Gasteiger charge is 2.49. The Morgan fingerprint density at radius 2 is 1.68 bits per heavy atom. The molecule has 3 saturated heterocycles. The number of amides is 1. The van der Waals surface area contributed by atoms with Gasteiger partial charge in [-0.3, -0.25) is 4.79 Å². The third-order valence-corrected chi connectivity index (χ3v) is 5.85. The predicted octanol–water partition coefficient (Wildman–Crippen LogP) is 3.17. The second-order valence-corrected chi connectivity index (χ2v) is 7.52. The maximum atomic E-state index is 13.9. The van der Waals surface area contributed by atoms with E-state index in [2.05, 4.69) is 17.4 Å². The Balaban J connectivity index is 1.32. The lowest BCUT2D eigenvalue weighted by Crippen LogP contribution is -2.72. The van der Waals surface area contributed by atoms with Crippen LogP contribution in [0.3, 0.4) is 0 Å². The van der Waals surface area contributed by atoms with Crippen LogP contribution in [0, 0.1) is 11.7 Å². The van der Waals surface area contributed by atoms with Crippen LogP contribution in [0.5, 0.6) is 0 Å². The smallest absolute Gasteiger partial charge is 0.225 e. The Labute approximate surface area is 146 Å². The van der Waals surface area contributed by atoms with E-state index in [1.807, 2.05) is 29.2 Å². The second-order valence-electron chi connectivity index (χ2n) is 7.52. The van der Waals surface area contributed by atoms with E-state index in [0.717, 1.165) is 31.5 Å². The third-order valence-electron chi connectivity index (χ3n) is 5.85. The van der Waals surface area contributed by atoms with Crippen molar-refractivity contribution in [3.8, 4) is 11.1 Å². The van der Waals surface area contributed by atoms with E-state index in [1.54, 1.807) is 6.07 Å². The van der Waals surface area contributed by atoms with Gasteiger partial charge in [0.25, 0.3) is 0 Å². The van der Waals surface area contributed by atoms with Gasteiger partial charge in [0.1, 0.15) is 5.82 Å². The zero-order valence-corrected chi connectivity index (χ0v) is 14.0. The van der Waals surface area contributed by atoms with Crippen LogP contribution in [-0.4, -0.2) is 36.0 Å². The molecule has 3 heterocycles. The minimum absolute atomic E-state index is 0.188. The summed E-state index contributed by atoms with van der Waals surface area (Å²) in [6, 6.07) is 15.8. The van der Waals surface area contributed by atoms with Crippen LogP contribution >= 0.6 is 0 Å². The van der Waals surface area contributed by atoms with Gasteiger partial charge in [0, 0.05) is 42.6 Å². The number of hydrogen-bond acceptors (Lipinski definition) is 2. The summed E-state index contributed by atoms with van der Waals surface area (Å²) in [5.74, 6) is 0.922. The summed E-state index contributed by atoms with van der Waals surface area (Å²) < 4.78 is 13.9. The first-order valence-electron chi connectivity index (χ1n) is 9.10. The van der Waals surface area contributed by atoms with Gasteiger partial charge in [-0.05, 0) is 30.0 Å². The quantitative estimate of drug-likeness (QED) is 0.934. The van der Waals surface area contributed by atoms with Gasteiger partial charge in [-0.2, -0.15) is 0 Å². The second kappa shape index (κ2) is 5.67. The van der Waals surface area contributed by atoms with Crippen molar-refractivity contribution in [3.63, 3.8) is 0 Å². The molecule has 2 bridgehead atoms. The van der Waals surface area contributed by atoms with E-state index in [-0.39, 0.29) is 5.82 Å². The van der Waals surface area contributed by atoms with Gasteiger partial charge >= 0.3 is 0 Å². The minimum Gasteiger partial charge on any atom is -0.339 e. The average Bonchev–Trinajstić information content (AvgIpc) is 3.47. The molecule has 1 saturated carbocycles. The molecule has 2 aromatic carbocycles. The number of benzene rings is 2. The topological polar surface area (TPSA) is 32.3 Å². The monoisotopic (exact) mass is 336 g/mol. The molecule has 25 heavy (non-hydrogen) atoms. The highest BCUT2D eigenvalue weighted by molar-refractivity contribution is 5.81. The maximum absolute atomic E-state index is 13.9. The number of hydrogen-bond donors (Lipinski definition) is 1. The van der Waals surface area contributed by atoms with Crippen LogP contribution < -0.4 is 5.32 Å². The molecule has 1 N–H and O–H groups in total. The number of fused-ring (bicyclic) bond motifs is 2. The van der Waals surface area contributed by atoms with Gasteiger partial charge in [0.15, 0.2) is 0 Å². The molecule has 2 aromatic rings. The van der Waals surface area contributed by atoms with E-state index < -0.39 is 0 Å². The van der Waals surface area contributed by atoms with E-state index in [1.165, 1.54) is 11.6 Å². The van der Waals surface area contributed by atoms with Gasteiger partial charge < -0.3 is 10.2 Å². The fourth-order valence-corrected chi connectivity index (χ4v) is 4.34. The molecular formula is C21H21FN2O. The first kappa shape index (κ1) is 15.1. The van der Waals surface area contributed by atoms with Gasteiger partial charge in [-0.1, -0.05) is 42.5 Å². The van der Waals surface area contributed by atoms with Crippen molar-refractivity contribution in [2.75, 3.05) is 13.1 Å². The summed E-state index contributed by atoms with van der Waals surface area (Å²) in [5.41, 5.74) is 2.83. The van der Waals surface area contributed by atoms with Gasteiger partial charge in [-0.25, -0.2) is 4.39 Å². The number of rotatable bonds is 3. The van der Waals surface area contributed by atoms with Crippen molar-refractivity contribution in [1.29, 1.82) is 0 Å². The van der Waals surface area contributed by atoms with Crippen LogP contribution in [0.15, 0.2) is 48.5 Å². The fourth-order valence-electron chi connectivity index (χ4n) is 4.34. The van der Waals surface area contributed by atoms with Crippen molar-refractivity contribution < 1.29 is 9.18 Å². The number of carbonyl (C=O) groups excluding carboxylic acids is 1. The molecule has 128 valence electrons. The number of piperidine rings is 1. The maximum Gasteiger partial charge on any atom is 0.225 e. The lowest BCUT2D eigenvalue weighted by molar-refractivity contribution is -0.137. The highest BCUT2D eigenvalue weighted by atomic mass is 19.1. The van der Waals surface area contributed by atoms with Crippen molar-refractivity contribution in [2.45, 2.75) is 30.8 Å². The van der Waals surface area contributed by atoms with Gasteiger partial charge in [0.05, 0.1) is 0 Å². The summed E-state index contributed by atoms with van der Waals surface area (Å²) in [5, 5.41) is 3.57. The Bertz CT molecular complexity index is 803. The molecule has 6 rings (SSSR count). The molecule has 4 heteroatoms. The SMILES string of the molecule is O=C(C1CC1)N1C[C@@H]2N[C@H](C1)C2c1ccc(-c2ccccc2F)cc1. The molecular weight excluding hydrogens is 315 g/mol. The Hall–Kier alpha value is -2.20. The Kier molecular flexibility index (Phi) is 3.42. The van der Waals surface area contributed by atoms with Gasteiger partial charge in [0.2, 0.25) is 5.91 Å². The zero-order chi connectivity index (χ0) is 17.0. The molecule has 3 aliphatic heterocycles. The number of nitrogens with one attached hydrogen (secondary N) is 1. The summed E-state index contributed by atoms with van der Waals surface area (Å²) in [7, 11) is 0. The van der Waals surface area contributed by atoms with Crippen molar-refractivity contribution in [2.24, 2.45) is 5.92 Å². The zero-order valence-electron chi connectivity index (χ0n) is 14.0. The molecule has 4 aliphatic rings. The standard InChI is InChI=1S/C21H21FN2O/c22-17-4-2-1-3-16(17)13-5-7-14(8-6-13)20-18-11-24(12-19(20)23-18)21(25)15-9-10-15/h1-8,15,18-20,23H,9-12H2/t18-,19+,20?. The van der Waals surface area contributed by atoms with Crippen LogP contribution in [0.25, 0.3) is 11.1 Å². The molecule has 4 fully saturated rings. The van der Waals surface area contributed by atoms with Crippen molar-refractivity contribution in [3.05, 3.63) is 59.9 Å². The third kappa shape index (κ3) is 2.56. The first-order valence-corrected chi connectivity index (χ1v) is 9.10. The van der Waals surface area contributed by atoms with Crippen molar-refractivity contribution in [1.82, 2.24) is 10.2 Å². The summed E-state index contributed by atoms with van der Waals surface area (Å²) >= 11 is 0. The lowest BCUT2D eigenvalue weighted by Gasteiger charge is -2.55. The van der Waals surface area contributed by atoms with Crippen LogP contribution in [-0.2, 0) is 4.79 Å². The fraction of sp³-hybridized carbons (Fsp3) is 0.381. The lowest BCUT2D eigenvalue weighted by atomic mass is 9.74. The molecule has 0 spiro atoms. The summed E-state index contributed by atoms with van der Waals surface area (Å²) in [6.07, 6.45) is 2.14. The van der Waals surface area contributed by atoms with E-state index in [9.17, 15) is 9.18 Å². The molecule has 1 amide bonds. The largest absolute Gasteiger partial charge is 0.339 e. The molecule has 3 nitrogen and oxygen atoms in total. The van der Waals surface area contributed by atoms with Crippen LogP contribution in [0.1, 0.15) is 24.3 Å². The molecule has 0 radical (unpaired) electrons. The van der Waals surface area contributed by atoms with Gasteiger partial charge in [-0.15, -0.1) is 0 Å². The predicted molar refractivity (Wildman–Crippen MR) is 94.6 cm³/mol. The first-order chi connectivity index (χ1) is 12.2. The van der Waals surface area contributed by atoms with E-state index in [4.69, 9.17) is 0 Å². The molecule has 0 aromatic heterocycles. The number of piperazine rings is 1. The van der Waals surface area contributed by atoms with Crippen LogP contribution in [0.4, 0.5) is 4.39 Å². The molecule has 1 aliphatic carbocycles. The number of carbonyl (C=O) groups is 1.